The number of hydrogen-bond donors (Lipinski definition) is 3. The smallest absolute Gasteiger partial charge is 0.343 e. The van der Waals surface area contributed by atoms with E-state index in [1.165, 1.54) is 6.92 Å². The molecule has 0 fully saturated rings. The summed E-state index contributed by atoms with van der Waals surface area (Å²) in [6.45, 7) is 8.24. The van der Waals surface area contributed by atoms with Gasteiger partial charge in [0.1, 0.15) is 39.9 Å². The van der Waals surface area contributed by atoms with Crippen LogP contribution in [0.25, 0.3) is 6.08 Å². The SMILES string of the molecule is CCc1oc(=O)c(Cc2c(O)c3c(c(C(C)=O)c2O)OC(C)(C)C=C3)c(O)c1C. The fourth-order valence-electron chi connectivity index (χ4n) is 3.49. The van der Waals surface area contributed by atoms with Crippen LogP contribution in [0.5, 0.6) is 23.0 Å². The molecule has 0 bridgehead atoms. The molecule has 7 nitrogen and oxygen atoms in total. The summed E-state index contributed by atoms with van der Waals surface area (Å²) in [5.74, 6) is -1.09. The van der Waals surface area contributed by atoms with Crippen LogP contribution in [0.4, 0.5) is 0 Å². The number of ketones is 1. The normalized spacial score (nSPS) is 14.4. The number of ether oxygens (including phenoxy) is 1. The number of benzene rings is 1. The van der Waals surface area contributed by atoms with E-state index < -0.39 is 22.8 Å². The zero-order valence-electron chi connectivity index (χ0n) is 17.0. The van der Waals surface area contributed by atoms with Crippen LogP contribution in [0.15, 0.2) is 15.3 Å². The van der Waals surface area contributed by atoms with Gasteiger partial charge in [-0.3, -0.25) is 4.79 Å². The van der Waals surface area contributed by atoms with Crippen molar-refractivity contribution in [3.63, 3.8) is 0 Å². The molecule has 1 aliphatic rings. The minimum Gasteiger partial charge on any atom is -0.507 e. The van der Waals surface area contributed by atoms with Crippen LogP contribution < -0.4 is 10.4 Å². The third-order valence-corrected chi connectivity index (χ3v) is 5.10. The van der Waals surface area contributed by atoms with E-state index in [0.29, 0.717) is 17.7 Å². The molecule has 0 aliphatic carbocycles. The quantitative estimate of drug-likeness (QED) is 0.671. The number of rotatable bonds is 4. The van der Waals surface area contributed by atoms with E-state index in [0.717, 1.165) is 0 Å². The van der Waals surface area contributed by atoms with Crippen molar-refractivity contribution in [1.82, 2.24) is 0 Å². The van der Waals surface area contributed by atoms with Crippen molar-refractivity contribution in [3.05, 3.63) is 50.1 Å². The summed E-state index contributed by atoms with van der Waals surface area (Å²) in [5.41, 5.74) is -1.11. The number of aryl methyl sites for hydroxylation is 1. The topological polar surface area (TPSA) is 117 Å². The van der Waals surface area contributed by atoms with Gasteiger partial charge in [0, 0.05) is 24.0 Å². The van der Waals surface area contributed by atoms with Gasteiger partial charge in [-0.2, -0.15) is 0 Å². The number of carbonyl (C=O) groups excluding carboxylic acids is 1. The second-order valence-electron chi connectivity index (χ2n) is 7.68. The standard InChI is InChI=1S/C22H24O7/c1-6-15-10(2)17(24)14(21(27)28-15)9-13-18(25)12-7-8-22(4,5)29-20(12)16(11(3)23)19(13)26/h7-8,24-26H,6,9H2,1-5H3. The maximum atomic E-state index is 12.4. The molecule has 29 heavy (non-hydrogen) atoms. The maximum Gasteiger partial charge on any atom is 0.343 e. The lowest BCUT2D eigenvalue weighted by Gasteiger charge is -2.30. The van der Waals surface area contributed by atoms with Crippen LogP contribution in [-0.2, 0) is 12.8 Å². The third-order valence-electron chi connectivity index (χ3n) is 5.10. The molecule has 7 heteroatoms. The first-order valence-electron chi connectivity index (χ1n) is 9.32. The first-order valence-corrected chi connectivity index (χ1v) is 9.32. The fraction of sp³-hybridized carbons (Fsp3) is 0.364. The number of hydrogen-bond acceptors (Lipinski definition) is 7. The van der Waals surface area contributed by atoms with Gasteiger partial charge in [-0.15, -0.1) is 0 Å². The first kappa shape index (κ1) is 20.5. The van der Waals surface area contributed by atoms with Gasteiger partial charge in [0.15, 0.2) is 5.78 Å². The number of aromatic hydroxyl groups is 3. The predicted molar refractivity (Wildman–Crippen MR) is 107 cm³/mol. The highest BCUT2D eigenvalue weighted by Crippen LogP contribution is 2.47. The van der Waals surface area contributed by atoms with Crippen LogP contribution in [-0.4, -0.2) is 26.7 Å². The van der Waals surface area contributed by atoms with Crippen LogP contribution in [0.3, 0.4) is 0 Å². The lowest BCUT2D eigenvalue weighted by Crippen LogP contribution is -2.28. The van der Waals surface area contributed by atoms with Crippen molar-refractivity contribution >= 4 is 11.9 Å². The summed E-state index contributed by atoms with van der Waals surface area (Å²) in [7, 11) is 0. The highest BCUT2D eigenvalue weighted by atomic mass is 16.5. The molecule has 3 rings (SSSR count). The predicted octanol–water partition coefficient (Wildman–Crippen LogP) is 3.61. The van der Waals surface area contributed by atoms with Crippen LogP contribution in [0.2, 0.25) is 0 Å². The molecule has 0 unspecified atom stereocenters. The van der Waals surface area contributed by atoms with E-state index >= 15 is 0 Å². The van der Waals surface area contributed by atoms with Gasteiger partial charge in [-0.25, -0.2) is 4.79 Å². The largest absolute Gasteiger partial charge is 0.507 e. The number of carbonyl (C=O) groups is 1. The van der Waals surface area contributed by atoms with Crippen LogP contribution in [0, 0.1) is 6.92 Å². The highest BCUT2D eigenvalue weighted by molar-refractivity contribution is 6.02. The molecule has 2 aromatic rings. The van der Waals surface area contributed by atoms with Gasteiger partial charge in [-0.1, -0.05) is 6.92 Å². The second kappa shape index (κ2) is 6.99. The van der Waals surface area contributed by atoms with Gasteiger partial charge in [0.05, 0.1) is 11.1 Å². The first-order chi connectivity index (χ1) is 13.5. The molecule has 0 radical (unpaired) electrons. The van der Waals surface area contributed by atoms with Gasteiger partial charge in [-0.05, 0) is 39.8 Å². The Balaban J connectivity index is 2.26. The number of phenols is 2. The summed E-state index contributed by atoms with van der Waals surface area (Å²) in [6, 6.07) is 0. The van der Waals surface area contributed by atoms with E-state index in [-0.39, 0.29) is 45.9 Å². The van der Waals surface area contributed by atoms with Crippen molar-refractivity contribution < 1.29 is 29.3 Å². The van der Waals surface area contributed by atoms with Crippen molar-refractivity contribution in [2.24, 2.45) is 0 Å². The maximum absolute atomic E-state index is 12.4. The Bertz CT molecular complexity index is 1100. The van der Waals surface area contributed by atoms with Crippen LogP contribution >= 0.6 is 0 Å². The molecule has 0 saturated carbocycles. The van der Waals surface area contributed by atoms with Crippen LogP contribution in [0.1, 0.15) is 66.1 Å². The Morgan fingerprint density at radius 2 is 1.76 bits per heavy atom. The molecule has 0 atom stereocenters. The fourth-order valence-corrected chi connectivity index (χ4v) is 3.49. The summed E-state index contributed by atoms with van der Waals surface area (Å²) in [5, 5.41) is 32.1. The molecule has 0 spiro atoms. The lowest BCUT2D eigenvalue weighted by atomic mass is 9.91. The zero-order valence-corrected chi connectivity index (χ0v) is 17.0. The lowest BCUT2D eigenvalue weighted by molar-refractivity contribution is 0.0996. The number of fused-ring (bicyclic) bond motifs is 1. The van der Waals surface area contributed by atoms with E-state index in [9.17, 15) is 24.9 Å². The molecule has 0 saturated heterocycles. The molecule has 0 amide bonds. The number of phenolic OH excluding ortho intramolecular Hbond substituents is 2. The Kier molecular flexibility index (Phi) is 4.94. The van der Waals surface area contributed by atoms with E-state index in [1.54, 1.807) is 39.8 Å². The molecule has 1 aromatic carbocycles. The zero-order chi connectivity index (χ0) is 21.7. The molecule has 1 aliphatic heterocycles. The van der Waals surface area contributed by atoms with E-state index in [4.69, 9.17) is 9.15 Å². The van der Waals surface area contributed by atoms with Crippen molar-refractivity contribution in [3.8, 4) is 23.0 Å². The van der Waals surface area contributed by atoms with Crippen molar-refractivity contribution in [1.29, 1.82) is 0 Å². The molecular weight excluding hydrogens is 376 g/mol. The minimum atomic E-state index is -0.765. The van der Waals surface area contributed by atoms with Gasteiger partial charge in [0.25, 0.3) is 0 Å². The van der Waals surface area contributed by atoms with Crippen molar-refractivity contribution in [2.75, 3.05) is 0 Å². The summed E-state index contributed by atoms with van der Waals surface area (Å²) in [6.07, 6.45) is 3.43. The van der Waals surface area contributed by atoms with Gasteiger partial charge >= 0.3 is 5.63 Å². The third kappa shape index (κ3) is 3.37. The molecule has 1 aromatic heterocycles. The molecule has 154 valence electrons. The molecular formula is C22H24O7. The van der Waals surface area contributed by atoms with E-state index in [1.807, 2.05) is 0 Å². The number of Topliss-reactive ketones (excluding diaryl/α,β-unsaturated/α-hetero) is 1. The average Bonchev–Trinajstić information content (AvgIpc) is 2.62. The summed E-state index contributed by atoms with van der Waals surface area (Å²) >= 11 is 0. The van der Waals surface area contributed by atoms with Gasteiger partial charge < -0.3 is 24.5 Å². The molecule has 3 N–H and O–H groups in total. The molecule has 2 heterocycles. The summed E-state index contributed by atoms with van der Waals surface area (Å²) < 4.78 is 11.1. The Labute approximate surface area is 167 Å². The minimum absolute atomic E-state index is 0.0619. The van der Waals surface area contributed by atoms with E-state index in [2.05, 4.69) is 0 Å². The summed E-state index contributed by atoms with van der Waals surface area (Å²) in [4.78, 5) is 24.7. The Morgan fingerprint density at radius 1 is 1.10 bits per heavy atom. The highest BCUT2D eigenvalue weighted by Gasteiger charge is 2.33. The monoisotopic (exact) mass is 400 g/mol. The second-order valence-corrected chi connectivity index (χ2v) is 7.68. The van der Waals surface area contributed by atoms with Crippen molar-refractivity contribution in [2.45, 2.75) is 53.1 Å². The Morgan fingerprint density at radius 3 is 2.34 bits per heavy atom. The Hall–Kier alpha value is -3.22. The average molecular weight is 400 g/mol. The van der Waals surface area contributed by atoms with Gasteiger partial charge in [0.2, 0.25) is 0 Å².